The van der Waals surface area contributed by atoms with Crippen LogP contribution >= 0.6 is 19.4 Å². The Morgan fingerprint density at radius 1 is 1.67 bits per heavy atom. The lowest BCUT2D eigenvalue weighted by molar-refractivity contribution is 0.371. The lowest BCUT2D eigenvalue weighted by Gasteiger charge is -2.10. The second-order valence-electron chi connectivity index (χ2n) is 1.64. The molecule has 0 amide bonds. The fourth-order valence-electron chi connectivity index (χ4n) is 0.338. The maximum absolute atomic E-state index is 10.4. The normalized spacial score (nSPS) is 15.6. The Bertz CT molecular complexity index is 121. The lowest BCUT2D eigenvalue weighted by atomic mass is 10.9. The van der Waals surface area contributed by atoms with E-state index in [9.17, 15) is 4.57 Å². The molecule has 5 heteroatoms. The highest BCUT2D eigenvalue weighted by Gasteiger charge is 2.22. The average molecular weight is 170 g/mol. The summed E-state index contributed by atoms with van der Waals surface area (Å²) < 4.78 is 10.4. The van der Waals surface area contributed by atoms with Gasteiger partial charge in [-0.25, -0.2) is 0 Å². The molecule has 0 aromatic carbocycles. The molecule has 0 aliphatic heterocycles. The van der Waals surface area contributed by atoms with Crippen LogP contribution in [-0.4, -0.2) is 20.5 Å². The van der Waals surface area contributed by atoms with E-state index in [0.29, 0.717) is 0 Å². The largest absolute Gasteiger partial charge is 0.338 e. The van der Waals surface area contributed by atoms with Crippen molar-refractivity contribution in [3.05, 3.63) is 0 Å². The first kappa shape index (κ1) is 9.50. The predicted octanol–water partition coefficient (Wildman–Crippen LogP) is 1.26. The molecule has 3 nitrogen and oxygen atoms in total. The Balaban J connectivity index is 3.74. The van der Waals surface area contributed by atoms with E-state index in [0.717, 1.165) is 5.75 Å². The molecule has 0 aliphatic carbocycles. The Morgan fingerprint density at radius 2 is 2.11 bits per heavy atom. The molecule has 0 bridgehead atoms. The van der Waals surface area contributed by atoms with Crippen molar-refractivity contribution in [3.8, 4) is 0 Å². The zero-order valence-corrected chi connectivity index (χ0v) is 7.15. The Morgan fingerprint density at radius 3 is 2.22 bits per heavy atom. The summed E-state index contributed by atoms with van der Waals surface area (Å²) in [6, 6.07) is 0. The Labute approximate surface area is 59.0 Å². The van der Waals surface area contributed by atoms with Gasteiger partial charge in [-0.1, -0.05) is 6.92 Å². The van der Waals surface area contributed by atoms with E-state index in [-0.39, 0.29) is 0 Å². The van der Waals surface area contributed by atoms with Crippen LogP contribution in [0.2, 0.25) is 0 Å². The van der Waals surface area contributed by atoms with Gasteiger partial charge in [-0.15, -0.1) is 11.8 Å². The number of hydrogen-bond donors (Lipinski definition) is 2. The minimum atomic E-state index is -3.81. The van der Waals surface area contributed by atoms with Crippen LogP contribution in [0.1, 0.15) is 13.8 Å². The van der Waals surface area contributed by atoms with Crippen molar-refractivity contribution in [2.24, 2.45) is 0 Å². The van der Waals surface area contributed by atoms with E-state index < -0.39 is 12.6 Å². The monoisotopic (exact) mass is 170 g/mol. The molecule has 0 aromatic heterocycles. The summed E-state index contributed by atoms with van der Waals surface area (Å²) in [5, 5.41) is 0. The van der Waals surface area contributed by atoms with Gasteiger partial charge in [0, 0.05) is 0 Å². The van der Waals surface area contributed by atoms with Gasteiger partial charge in [0.15, 0.2) is 0 Å². The van der Waals surface area contributed by atoms with Crippen LogP contribution in [0.5, 0.6) is 0 Å². The molecule has 1 atom stereocenters. The molecule has 0 fully saturated rings. The summed E-state index contributed by atoms with van der Waals surface area (Å²) in [4.78, 5) is 16.5. The molecule has 0 radical (unpaired) electrons. The number of thioether (sulfide) groups is 1. The second kappa shape index (κ2) is 3.62. The van der Waals surface area contributed by atoms with Crippen LogP contribution in [-0.2, 0) is 4.57 Å². The van der Waals surface area contributed by atoms with Gasteiger partial charge in [-0.05, 0) is 12.7 Å². The van der Waals surface area contributed by atoms with Crippen molar-refractivity contribution in [1.82, 2.24) is 0 Å². The van der Waals surface area contributed by atoms with E-state index in [1.165, 1.54) is 18.7 Å². The van der Waals surface area contributed by atoms with Gasteiger partial charge in [0.05, 0.1) is 0 Å². The van der Waals surface area contributed by atoms with E-state index in [1.54, 1.807) is 0 Å². The number of rotatable bonds is 3. The Hall–Kier alpha value is 0.500. The van der Waals surface area contributed by atoms with Gasteiger partial charge in [-0.3, -0.25) is 4.57 Å². The van der Waals surface area contributed by atoms with Crippen molar-refractivity contribution >= 4 is 19.4 Å². The van der Waals surface area contributed by atoms with Crippen LogP contribution < -0.4 is 0 Å². The second-order valence-corrected chi connectivity index (χ2v) is 5.56. The standard InChI is InChI=1S/C4H11O3PS/c1-3-9-4(2)8(5,6)7/h4H,3H2,1-2H3,(H2,5,6,7). The van der Waals surface area contributed by atoms with Crippen LogP contribution in [0, 0.1) is 0 Å². The molecule has 0 saturated carbocycles. The first-order chi connectivity index (χ1) is 3.98. The third kappa shape index (κ3) is 3.98. The van der Waals surface area contributed by atoms with Crippen LogP contribution in [0.3, 0.4) is 0 Å². The Kier molecular flexibility index (Phi) is 3.82. The first-order valence-electron chi connectivity index (χ1n) is 2.65. The third-order valence-electron chi connectivity index (χ3n) is 0.882. The highest BCUT2D eigenvalue weighted by atomic mass is 32.2. The fourth-order valence-corrected chi connectivity index (χ4v) is 2.04. The summed E-state index contributed by atoms with van der Waals surface area (Å²) in [7, 11) is -3.81. The lowest BCUT2D eigenvalue weighted by Crippen LogP contribution is -1.96. The van der Waals surface area contributed by atoms with Crippen molar-refractivity contribution in [2.45, 2.75) is 18.8 Å². The zero-order valence-electron chi connectivity index (χ0n) is 5.44. The minimum absolute atomic E-state index is 0.553. The highest BCUT2D eigenvalue weighted by Crippen LogP contribution is 2.46. The average Bonchev–Trinajstić information content (AvgIpc) is 1.64. The van der Waals surface area contributed by atoms with E-state index >= 15 is 0 Å². The first-order valence-corrected chi connectivity index (χ1v) is 5.38. The molecule has 0 saturated heterocycles. The van der Waals surface area contributed by atoms with E-state index in [4.69, 9.17) is 9.79 Å². The molecule has 0 heterocycles. The van der Waals surface area contributed by atoms with Crippen molar-refractivity contribution in [1.29, 1.82) is 0 Å². The van der Waals surface area contributed by atoms with Gasteiger partial charge in [0.25, 0.3) is 0 Å². The maximum Gasteiger partial charge on any atom is 0.338 e. The van der Waals surface area contributed by atoms with Gasteiger partial charge in [0.2, 0.25) is 0 Å². The summed E-state index contributed by atoms with van der Waals surface area (Å²) in [5.74, 6) is 0.742. The third-order valence-corrected chi connectivity index (χ3v) is 3.92. The van der Waals surface area contributed by atoms with Crippen molar-refractivity contribution in [2.75, 3.05) is 5.75 Å². The molecular formula is C4H11O3PS. The summed E-state index contributed by atoms with van der Waals surface area (Å²) in [6.45, 7) is 3.41. The van der Waals surface area contributed by atoms with Gasteiger partial charge in [-0.2, -0.15) is 0 Å². The van der Waals surface area contributed by atoms with Gasteiger partial charge in [0.1, 0.15) is 4.99 Å². The molecule has 0 rings (SSSR count). The topological polar surface area (TPSA) is 57.5 Å². The SMILES string of the molecule is CCSC(C)P(=O)(O)O. The van der Waals surface area contributed by atoms with Crippen LogP contribution in [0.4, 0.5) is 0 Å². The van der Waals surface area contributed by atoms with Gasteiger partial charge >= 0.3 is 7.60 Å². The van der Waals surface area contributed by atoms with E-state index in [2.05, 4.69) is 0 Å². The highest BCUT2D eigenvalue weighted by molar-refractivity contribution is 8.05. The predicted molar refractivity (Wildman–Crippen MR) is 39.6 cm³/mol. The molecule has 1 unspecified atom stereocenters. The molecule has 0 aliphatic rings. The molecule has 56 valence electrons. The van der Waals surface area contributed by atoms with Crippen LogP contribution in [0.25, 0.3) is 0 Å². The molecular weight excluding hydrogens is 159 g/mol. The quantitative estimate of drug-likeness (QED) is 0.626. The van der Waals surface area contributed by atoms with Crippen molar-refractivity contribution in [3.63, 3.8) is 0 Å². The summed E-state index contributed by atoms with van der Waals surface area (Å²) >= 11 is 1.28. The van der Waals surface area contributed by atoms with Crippen molar-refractivity contribution < 1.29 is 14.4 Å². The smallest absolute Gasteiger partial charge is 0.324 e. The molecule has 0 aromatic rings. The zero-order chi connectivity index (χ0) is 7.49. The van der Waals surface area contributed by atoms with E-state index in [1.807, 2.05) is 6.92 Å². The minimum Gasteiger partial charge on any atom is -0.324 e. The fraction of sp³-hybridized carbons (Fsp3) is 1.00. The number of hydrogen-bond acceptors (Lipinski definition) is 2. The summed E-state index contributed by atoms with van der Waals surface area (Å²) in [5.41, 5.74) is 0. The summed E-state index contributed by atoms with van der Waals surface area (Å²) in [6.07, 6.45) is 0. The molecule has 0 spiro atoms. The van der Waals surface area contributed by atoms with Crippen LogP contribution in [0.15, 0.2) is 0 Å². The molecule has 9 heavy (non-hydrogen) atoms. The maximum atomic E-state index is 10.4. The van der Waals surface area contributed by atoms with Gasteiger partial charge < -0.3 is 9.79 Å². The molecule has 2 N–H and O–H groups in total.